The minimum absolute atomic E-state index is 0.207. The molecule has 1 atom stereocenters. The van der Waals surface area contributed by atoms with Gasteiger partial charge >= 0.3 is 0 Å². The highest BCUT2D eigenvalue weighted by molar-refractivity contribution is 5.90. The van der Waals surface area contributed by atoms with Crippen LogP contribution in [0.25, 0.3) is 0 Å². The molecular formula is C11H14N6O. The number of rotatable bonds is 3. The number of nitrogens with one attached hydrogen (secondary N) is 2. The van der Waals surface area contributed by atoms with Gasteiger partial charge in [0.1, 0.15) is 12.2 Å². The summed E-state index contributed by atoms with van der Waals surface area (Å²) in [6, 6.07) is 0. The maximum absolute atomic E-state index is 11.7. The van der Waals surface area contributed by atoms with Gasteiger partial charge in [0.2, 0.25) is 5.82 Å². The third kappa shape index (κ3) is 2.11. The van der Waals surface area contributed by atoms with Crippen LogP contribution in [0, 0.1) is 5.92 Å². The van der Waals surface area contributed by atoms with E-state index < -0.39 is 0 Å². The summed E-state index contributed by atoms with van der Waals surface area (Å²) in [4.78, 5) is 19.8. The number of nitrogens with zero attached hydrogens (tertiary/aromatic N) is 4. The van der Waals surface area contributed by atoms with Crippen LogP contribution in [-0.2, 0) is 13.0 Å². The van der Waals surface area contributed by atoms with Crippen molar-refractivity contribution in [1.82, 2.24) is 30.0 Å². The molecule has 0 radical (unpaired) electrons. The van der Waals surface area contributed by atoms with Crippen molar-refractivity contribution in [3.63, 3.8) is 0 Å². The fraction of sp³-hybridized carbons (Fsp3) is 0.455. The standard InChI is InChI=1S/C11H14N6O/c18-11(10-14-7-15-16-10)13-6-8-1-3-17-4-2-12-9(17)5-8/h2,4,7-8H,1,3,5-6H2,(H,13,18)(H,14,15,16)/t8-/m0/s1. The van der Waals surface area contributed by atoms with Crippen molar-refractivity contribution in [3.05, 3.63) is 30.4 Å². The average Bonchev–Trinajstić information content (AvgIpc) is 3.05. The van der Waals surface area contributed by atoms with E-state index in [2.05, 4.69) is 30.0 Å². The van der Waals surface area contributed by atoms with Crippen molar-refractivity contribution >= 4 is 5.91 Å². The molecule has 18 heavy (non-hydrogen) atoms. The number of carbonyl (C=O) groups excluding carboxylic acids is 1. The Hall–Kier alpha value is -2.18. The molecule has 2 aromatic rings. The molecule has 0 unspecified atom stereocenters. The number of imidazole rings is 1. The largest absolute Gasteiger partial charge is 0.349 e. The molecule has 2 aromatic heterocycles. The normalized spacial score (nSPS) is 18.3. The quantitative estimate of drug-likeness (QED) is 0.797. The van der Waals surface area contributed by atoms with Crippen LogP contribution in [0.4, 0.5) is 0 Å². The van der Waals surface area contributed by atoms with Crippen LogP contribution in [0.2, 0.25) is 0 Å². The molecule has 1 aliphatic heterocycles. The minimum atomic E-state index is -0.207. The molecule has 0 bridgehead atoms. The van der Waals surface area contributed by atoms with E-state index in [0.717, 1.165) is 25.2 Å². The number of fused-ring (bicyclic) bond motifs is 1. The summed E-state index contributed by atoms with van der Waals surface area (Å²) in [7, 11) is 0. The Morgan fingerprint density at radius 2 is 2.50 bits per heavy atom. The molecule has 3 heterocycles. The van der Waals surface area contributed by atoms with Crippen LogP contribution in [-0.4, -0.2) is 37.2 Å². The van der Waals surface area contributed by atoms with Gasteiger partial charge in [-0.25, -0.2) is 9.97 Å². The Balaban J connectivity index is 1.54. The van der Waals surface area contributed by atoms with Crippen molar-refractivity contribution in [1.29, 1.82) is 0 Å². The molecular weight excluding hydrogens is 232 g/mol. The SMILES string of the molecule is O=C(NC[C@H]1CCn2ccnc2C1)c1ncn[nH]1. The lowest BCUT2D eigenvalue weighted by atomic mass is 9.98. The van der Waals surface area contributed by atoms with Gasteiger partial charge < -0.3 is 9.88 Å². The molecule has 0 saturated heterocycles. The Kier molecular flexibility index (Phi) is 2.79. The van der Waals surface area contributed by atoms with E-state index in [-0.39, 0.29) is 11.7 Å². The average molecular weight is 246 g/mol. The second-order valence-electron chi connectivity index (χ2n) is 4.44. The minimum Gasteiger partial charge on any atom is -0.349 e. The van der Waals surface area contributed by atoms with E-state index in [0.29, 0.717) is 12.5 Å². The number of aromatic amines is 1. The molecule has 7 heteroatoms. The second-order valence-corrected chi connectivity index (χ2v) is 4.44. The molecule has 7 nitrogen and oxygen atoms in total. The first kappa shape index (κ1) is 10.9. The van der Waals surface area contributed by atoms with Gasteiger partial charge in [-0.2, -0.15) is 5.10 Å². The van der Waals surface area contributed by atoms with E-state index in [1.54, 1.807) is 0 Å². The number of aryl methyl sites for hydroxylation is 1. The van der Waals surface area contributed by atoms with E-state index in [4.69, 9.17) is 0 Å². The molecule has 94 valence electrons. The van der Waals surface area contributed by atoms with Crippen LogP contribution in [0.5, 0.6) is 0 Å². The van der Waals surface area contributed by atoms with E-state index in [1.165, 1.54) is 6.33 Å². The maximum Gasteiger partial charge on any atom is 0.288 e. The number of carbonyl (C=O) groups is 1. The number of hydrogen-bond donors (Lipinski definition) is 2. The first-order valence-electron chi connectivity index (χ1n) is 5.96. The number of H-pyrrole nitrogens is 1. The summed E-state index contributed by atoms with van der Waals surface area (Å²) >= 11 is 0. The van der Waals surface area contributed by atoms with Gasteiger partial charge in [0.25, 0.3) is 5.91 Å². The molecule has 0 saturated carbocycles. The summed E-state index contributed by atoms with van der Waals surface area (Å²) in [6.45, 7) is 1.62. The third-order valence-electron chi connectivity index (χ3n) is 3.23. The fourth-order valence-electron chi connectivity index (χ4n) is 2.23. The number of aromatic nitrogens is 5. The maximum atomic E-state index is 11.7. The van der Waals surface area contributed by atoms with Crippen molar-refractivity contribution in [2.24, 2.45) is 5.92 Å². The lowest BCUT2D eigenvalue weighted by Crippen LogP contribution is -2.33. The van der Waals surface area contributed by atoms with Crippen molar-refractivity contribution < 1.29 is 4.79 Å². The monoisotopic (exact) mass is 246 g/mol. The topological polar surface area (TPSA) is 88.5 Å². The predicted molar refractivity (Wildman–Crippen MR) is 62.8 cm³/mol. The molecule has 0 aliphatic carbocycles. The molecule has 0 fully saturated rings. The zero-order chi connectivity index (χ0) is 12.4. The number of hydrogen-bond acceptors (Lipinski definition) is 4. The first-order valence-corrected chi connectivity index (χ1v) is 5.96. The van der Waals surface area contributed by atoms with Crippen LogP contribution in [0.15, 0.2) is 18.7 Å². The van der Waals surface area contributed by atoms with Crippen LogP contribution >= 0.6 is 0 Å². The molecule has 1 aliphatic rings. The first-order chi connectivity index (χ1) is 8.83. The highest BCUT2D eigenvalue weighted by atomic mass is 16.2. The van der Waals surface area contributed by atoms with Gasteiger partial charge in [-0.1, -0.05) is 0 Å². The summed E-state index contributed by atoms with van der Waals surface area (Å²) in [5.74, 6) is 1.58. The van der Waals surface area contributed by atoms with Crippen LogP contribution in [0.3, 0.4) is 0 Å². The Labute approximate surface area is 104 Å². The second kappa shape index (κ2) is 4.59. The Morgan fingerprint density at radius 1 is 1.56 bits per heavy atom. The predicted octanol–water partition coefficient (Wildman–Crippen LogP) is -0.00640. The number of amides is 1. The van der Waals surface area contributed by atoms with Gasteiger partial charge in [0, 0.05) is 31.9 Å². The van der Waals surface area contributed by atoms with Crippen LogP contribution < -0.4 is 5.32 Å². The highest BCUT2D eigenvalue weighted by Gasteiger charge is 2.20. The van der Waals surface area contributed by atoms with Gasteiger partial charge in [0.15, 0.2) is 0 Å². The van der Waals surface area contributed by atoms with Crippen molar-refractivity contribution in [2.75, 3.05) is 6.54 Å². The summed E-state index contributed by atoms with van der Waals surface area (Å²) in [6.07, 6.45) is 7.11. The zero-order valence-corrected chi connectivity index (χ0v) is 9.83. The molecule has 0 aromatic carbocycles. The van der Waals surface area contributed by atoms with E-state index in [9.17, 15) is 4.79 Å². The van der Waals surface area contributed by atoms with Gasteiger partial charge in [-0.3, -0.25) is 9.89 Å². The molecule has 3 rings (SSSR count). The summed E-state index contributed by atoms with van der Waals surface area (Å²) in [5.41, 5.74) is 0. The van der Waals surface area contributed by atoms with Gasteiger partial charge in [-0.05, 0) is 12.3 Å². The van der Waals surface area contributed by atoms with Crippen LogP contribution in [0.1, 0.15) is 22.9 Å². The lowest BCUT2D eigenvalue weighted by Gasteiger charge is -2.23. The Morgan fingerprint density at radius 3 is 3.33 bits per heavy atom. The fourth-order valence-corrected chi connectivity index (χ4v) is 2.23. The van der Waals surface area contributed by atoms with E-state index in [1.807, 2.05) is 12.4 Å². The van der Waals surface area contributed by atoms with Crippen molar-refractivity contribution in [3.8, 4) is 0 Å². The summed E-state index contributed by atoms with van der Waals surface area (Å²) in [5, 5.41) is 9.07. The van der Waals surface area contributed by atoms with Gasteiger partial charge in [-0.15, -0.1) is 0 Å². The highest BCUT2D eigenvalue weighted by Crippen LogP contribution is 2.18. The third-order valence-corrected chi connectivity index (χ3v) is 3.23. The lowest BCUT2D eigenvalue weighted by molar-refractivity contribution is 0.0934. The molecule has 2 N–H and O–H groups in total. The molecule has 1 amide bonds. The Bertz CT molecular complexity index is 531. The molecule has 0 spiro atoms. The van der Waals surface area contributed by atoms with Gasteiger partial charge in [0.05, 0.1) is 0 Å². The zero-order valence-electron chi connectivity index (χ0n) is 9.83. The van der Waals surface area contributed by atoms with E-state index >= 15 is 0 Å². The summed E-state index contributed by atoms with van der Waals surface area (Å²) < 4.78 is 2.16. The van der Waals surface area contributed by atoms with Crippen molar-refractivity contribution in [2.45, 2.75) is 19.4 Å². The smallest absolute Gasteiger partial charge is 0.288 e.